The largest absolute Gasteiger partial charge is 0.322 e. The van der Waals surface area contributed by atoms with E-state index in [1.165, 1.54) is 0 Å². The summed E-state index contributed by atoms with van der Waals surface area (Å²) in [4.78, 5) is 34.9. The summed E-state index contributed by atoms with van der Waals surface area (Å²) in [5.74, 6) is 0.502. The monoisotopic (exact) mass is 598 g/mol. The van der Waals surface area contributed by atoms with Crippen LogP contribution in [0.4, 0.5) is 10.5 Å². The van der Waals surface area contributed by atoms with E-state index in [1.54, 1.807) is 33.7 Å². The molecular weight excluding hydrogens is 567 g/mol. The van der Waals surface area contributed by atoms with Crippen molar-refractivity contribution in [3.63, 3.8) is 0 Å². The second-order valence-corrected chi connectivity index (χ2v) is 11.1. The molecule has 0 radical (unpaired) electrons. The van der Waals surface area contributed by atoms with Gasteiger partial charge in [0.2, 0.25) is 0 Å². The molecule has 42 heavy (non-hydrogen) atoms. The molecule has 0 fully saturated rings. The summed E-state index contributed by atoms with van der Waals surface area (Å²) in [6.45, 7) is 6.45. The van der Waals surface area contributed by atoms with Crippen LogP contribution in [0, 0.1) is 13.8 Å². The fraction of sp³-hybridized carbons (Fsp3) is 0.206. The number of halogens is 2. The van der Waals surface area contributed by atoms with Gasteiger partial charge >= 0.3 is 6.03 Å². The first-order valence-electron chi connectivity index (χ1n) is 13.9. The topological polar surface area (TPSA) is 67.2 Å². The molecule has 1 atom stereocenters. The molecule has 1 unspecified atom stereocenters. The molecule has 0 aliphatic rings. The normalized spacial score (nSPS) is 11.8. The smallest absolute Gasteiger partial charge is 0.314 e. The Labute approximate surface area is 255 Å². The zero-order valence-corrected chi connectivity index (χ0v) is 25.3. The van der Waals surface area contributed by atoms with Crippen LogP contribution in [0.15, 0.2) is 95.8 Å². The van der Waals surface area contributed by atoms with Crippen LogP contribution >= 0.6 is 23.2 Å². The van der Waals surface area contributed by atoms with Crippen molar-refractivity contribution in [3.05, 3.63) is 134 Å². The van der Waals surface area contributed by atoms with E-state index in [0.29, 0.717) is 57.5 Å². The standard InChI is InChI=1S/C34H32Cl2N4O2/c1-4-31(32-38-30-13-9-8-12-27(30)33(41)40(32)26-16-14-22(2)23(3)20-26)39(19-18-24-10-6-5-7-11-24)34(42)37-25-15-17-28(35)29(36)21-25/h5-17,20-21,31H,4,18-19H2,1-3H3,(H,37,42). The number of nitrogens with one attached hydrogen (secondary N) is 1. The highest BCUT2D eigenvalue weighted by Crippen LogP contribution is 2.29. The lowest BCUT2D eigenvalue weighted by molar-refractivity contribution is 0.182. The molecule has 0 aliphatic heterocycles. The Hall–Kier alpha value is -4.13. The summed E-state index contributed by atoms with van der Waals surface area (Å²) in [5, 5.41) is 4.25. The minimum atomic E-state index is -0.518. The molecule has 0 spiro atoms. The van der Waals surface area contributed by atoms with Gasteiger partial charge in [0, 0.05) is 12.2 Å². The van der Waals surface area contributed by atoms with Crippen LogP contribution in [0.1, 0.15) is 41.9 Å². The van der Waals surface area contributed by atoms with Crippen molar-refractivity contribution in [2.75, 3.05) is 11.9 Å². The lowest BCUT2D eigenvalue weighted by Crippen LogP contribution is -2.42. The van der Waals surface area contributed by atoms with Crippen molar-refractivity contribution in [2.24, 2.45) is 0 Å². The Bertz CT molecular complexity index is 1800. The number of urea groups is 1. The van der Waals surface area contributed by atoms with Gasteiger partial charge in [-0.25, -0.2) is 9.78 Å². The van der Waals surface area contributed by atoms with Crippen molar-refractivity contribution >= 4 is 45.8 Å². The maximum Gasteiger partial charge on any atom is 0.322 e. The number of amides is 2. The molecule has 8 heteroatoms. The number of nitrogens with zero attached hydrogens (tertiary/aromatic N) is 3. The number of anilines is 1. The van der Waals surface area contributed by atoms with Crippen LogP contribution in [0.5, 0.6) is 0 Å². The number of hydrogen-bond acceptors (Lipinski definition) is 3. The van der Waals surface area contributed by atoms with E-state index in [9.17, 15) is 9.59 Å². The molecule has 5 aromatic rings. The van der Waals surface area contributed by atoms with Crippen LogP contribution < -0.4 is 10.9 Å². The number of carbonyl (C=O) groups is 1. The zero-order chi connectivity index (χ0) is 29.8. The van der Waals surface area contributed by atoms with E-state index >= 15 is 0 Å². The molecule has 1 N–H and O–H groups in total. The Kier molecular flexibility index (Phi) is 8.95. The average molecular weight is 600 g/mol. The summed E-state index contributed by atoms with van der Waals surface area (Å²) in [7, 11) is 0. The van der Waals surface area contributed by atoms with Gasteiger partial charge in [-0.15, -0.1) is 0 Å². The number of aryl methyl sites for hydroxylation is 2. The van der Waals surface area contributed by atoms with Crippen LogP contribution in [0.3, 0.4) is 0 Å². The average Bonchev–Trinajstić information content (AvgIpc) is 2.99. The lowest BCUT2D eigenvalue weighted by Gasteiger charge is -2.32. The van der Waals surface area contributed by atoms with Crippen LogP contribution in [-0.2, 0) is 6.42 Å². The van der Waals surface area contributed by atoms with Gasteiger partial charge in [0.25, 0.3) is 5.56 Å². The highest BCUT2D eigenvalue weighted by atomic mass is 35.5. The highest BCUT2D eigenvalue weighted by Gasteiger charge is 2.29. The summed E-state index contributed by atoms with van der Waals surface area (Å²) >= 11 is 12.4. The summed E-state index contributed by atoms with van der Waals surface area (Å²) in [5.41, 5.74) is 4.92. The SMILES string of the molecule is CCC(c1nc2ccccc2c(=O)n1-c1ccc(C)c(C)c1)N(CCc1ccccc1)C(=O)Nc1ccc(Cl)c(Cl)c1. The third-order valence-electron chi connectivity index (χ3n) is 7.53. The molecule has 6 nitrogen and oxygen atoms in total. The van der Waals surface area contributed by atoms with Gasteiger partial charge in [-0.3, -0.25) is 9.36 Å². The van der Waals surface area contributed by atoms with Gasteiger partial charge < -0.3 is 10.2 Å². The van der Waals surface area contributed by atoms with Crippen molar-refractivity contribution in [1.82, 2.24) is 14.5 Å². The van der Waals surface area contributed by atoms with E-state index < -0.39 is 6.04 Å². The molecular formula is C34H32Cl2N4O2. The molecule has 5 rings (SSSR count). The molecule has 1 heterocycles. The fourth-order valence-corrected chi connectivity index (χ4v) is 5.39. The molecule has 4 aromatic carbocycles. The zero-order valence-electron chi connectivity index (χ0n) is 23.8. The van der Waals surface area contributed by atoms with Crippen molar-refractivity contribution in [1.29, 1.82) is 0 Å². The lowest BCUT2D eigenvalue weighted by atomic mass is 10.1. The van der Waals surface area contributed by atoms with Gasteiger partial charge in [-0.2, -0.15) is 0 Å². The number of para-hydroxylation sites is 1. The summed E-state index contributed by atoms with van der Waals surface area (Å²) in [6.07, 6.45) is 1.15. The predicted octanol–water partition coefficient (Wildman–Crippen LogP) is 8.54. The second kappa shape index (κ2) is 12.8. The third-order valence-corrected chi connectivity index (χ3v) is 8.27. The van der Waals surface area contributed by atoms with Crippen molar-refractivity contribution in [2.45, 2.75) is 39.7 Å². The first-order chi connectivity index (χ1) is 20.3. The highest BCUT2D eigenvalue weighted by molar-refractivity contribution is 6.42. The molecule has 0 bridgehead atoms. The molecule has 0 aliphatic carbocycles. The number of hydrogen-bond donors (Lipinski definition) is 1. The van der Waals surface area contributed by atoms with E-state index in [2.05, 4.69) is 5.32 Å². The molecule has 1 aromatic heterocycles. The van der Waals surface area contributed by atoms with Gasteiger partial charge in [0.1, 0.15) is 5.82 Å². The third kappa shape index (κ3) is 6.20. The minimum absolute atomic E-state index is 0.176. The molecule has 2 amide bonds. The van der Waals surface area contributed by atoms with Crippen molar-refractivity contribution in [3.8, 4) is 5.69 Å². The first kappa shape index (κ1) is 29.4. The Morgan fingerprint density at radius 3 is 2.36 bits per heavy atom. The maximum atomic E-state index is 14.1. The van der Waals surface area contributed by atoms with Gasteiger partial charge in [-0.1, -0.05) is 78.7 Å². The second-order valence-electron chi connectivity index (χ2n) is 10.3. The van der Waals surface area contributed by atoms with E-state index in [0.717, 1.165) is 16.7 Å². The maximum absolute atomic E-state index is 14.1. The molecule has 0 saturated heterocycles. The van der Waals surface area contributed by atoms with Crippen LogP contribution in [-0.4, -0.2) is 27.0 Å². The van der Waals surface area contributed by atoms with E-state index in [4.69, 9.17) is 28.2 Å². The summed E-state index contributed by atoms with van der Waals surface area (Å²) in [6, 6.07) is 27.4. The van der Waals surface area contributed by atoms with Gasteiger partial charge in [0.15, 0.2) is 0 Å². The Morgan fingerprint density at radius 2 is 1.64 bits per heavy atom. The number of rotatable bonds is 8. The number of benzene rings is 4. The predicted molar refractivity (Wildman–Crippen MR) is 172 cm³/mol. The molecule has 0 saturated carbocycles. The van der Waals surface area contributed by atoms with Gasteiger partial charge in [0.05, 0.1) is 32.7 Å². The summed E-state index contributed by atoms with van der Waals surface area (Å²) < 4.78 is 1.66. The van der Waals surface area contributed by atoms with Crippen LogP contribution in [0.25, 0.3) is 16.6 Å². The van der Waals surface area contributed by atoms with E-state index in [-0.39, 0.29) is 11.6 Å². The molecule has 214 valence electrons. The fourth-order valence-electron chi connectivity index (χ4n) is 5.09. The van der Waals surface area contributed by atoms with Crippen molar-refractivity contribution < 1.29 is 4.79 Å². The quantitative estimate of drug-likeness (QED) is 0.194. The number of fused-ring (bicyclic) bond motifs is 1. The minimum Gasteiger partial charge on any atom is -0.314 e. The van der Waals surface area contributed by atoms with Crippen LogP contribution in [0.2, 0.25) is 10.0 Å². The number of aromatic nitrogens is 2. The Morgan fingerprint density at radius 1 is 0.905 bits per heavy atom. The Balaban J connectivity index is 1.65. The van der Waals surface area contributed by atoms with E-state index in [1.807, 2.05) is 87.5 Å². The first-order valence-corrected chi connectivity index (χ1v) is 14.7. The number of carbonyl (C=O) groups excluding carboxylic acids is 1. The van der Waals surface area contributed by atoms with Gasteiger partial charge in [-0.05, 0) is 85.8 Å².